The van der Waals surface area contributed by atoms with Crippen LogP contribution in [0.4, 0.5) is 0 Å². The summed E-state index contributed by atoms with van der Waals surface area (Å²) in [4.78, 5) is 21.4. The molecule has 0 aromatic heterocycles. The molecule has 0 amide bonds. The molecule has 1 aromatic carbocycles. The Bertz CT molecular complexity index is 495. The first-order chi connectivity index (χ1) is 7.50. The van der Waals surface area contributed by atoms with Crippen LogP contribution >= 0.6 is 11.6 Å². The van der Waals surface area contributed by atoms with Crippen LogP contribution in [0, 0.1) is 11.8 Å². The van der Waals surface area contributed by atoms with Gasteiger partial charge in [-0.25, -0.2) is 0 Å². The number of benzene rings is 1. The first-order valence-corrected chi connectivity index (χ1v) is 4.89. The van der Waals surface area contributed by atoms with E-state index in [1.54, 1.807) is 18.2 Å². The number of rotatable bonds is 2. The second kappa shape index (κ2) is 5.34. The molecular formula is C12H9ClO3. The molecule has 3 nitrogen and oxygen atoms in total. The SMILES string of the molecule is CC(=O)c1cc(C#CCC(=O)O)ccc1Cl. The van der Waals surface area contributed by atoms with Crippen molar-refractivity contribution in [3.05, 3.63) is 34.3 Å². The Kier molecular flexibility index (Phi) is 4.10. The van der Waals surface area contributed by atoms with E-state index in [1.165, 1.54) is 6.92 Å². The number of aliphatic carboxylic acids is 1. The van der Waals surface area contributed by atoms with Crippen molar-refractivity contribution >= 4 is 23.4 Å². The summed E-state index contributed by atoms with van der Waals surface area (Å²) in [5.74, 6) is 4.01. The second-order valence-electron chi connectivity index (χ2n) is 3.12. The molecule has 0 atom stereocenters. The van der Waals surface area contributed by atoms with Gasteiger partial charge >= 0.3 is 5.97 Å². The standard InChI is InChI=1S/C12H9ClO3/c1-8(14)10-7-9(5-6-11(10)13)3-2-4-12(15)16/h5-7H,4H2,1H3,(H,15,16). The minimum atomic E-state index is -0.978. The number of carbonyl (C=O) groups is 2. The fourth-order valence-electron chi connectivity index (χ4n) is 1.09. The Balaban J connectivity index is 2.98. The fourth-order valence-corrected chi connectivity index (χ4v) is 1.35. The number of hydrogen-bond donors (Lipinski definition) is 1. The molecule has 82 valence electrons. The van der Waals surface area contributed by atoms with Crippen molar-refractivity contribution in [2.24, 2.45) is 0 Å². The molecule has 0 spiro atoms. The van der Waals surface area contributed by atoms with Crippen LogP contribution in [0.25, 0.3) is 0 Å². The van der Waals surface area contributed by atoms with Crippen molar-refractivity contribution in [3.63, 3.8) is 0 Å². The van der Waals surface area contributed by atoms with Crippen LogP contribution in [0.3, 0.4) is 0 Å². The molecule has 0 aliphatic heterocycles. The second-order valence-corrected chi connectivity index (χ2v) is 3.53. The monoisotopic (exact) mass is 236 g/mol. The number of hydrogen-bond acceptors (Lipinski definition) is 2. The number of ketones is 1. The number of carboxylic acid groups (broad SMARTS) is 1. The van der Waals surface area contributed by atoms with Gasteiger partial charge in [-0.05, 0) is 25.1 Å². The van der Waals surface area contributed by atoms with E-state index < -0.39 is 5.97 Å². The molecule has 0 bridgehead atoms. The largest absolute Gasteiger partial charge is 0.481 e. The third-order valence-electron chi connectivity index (χ3n) is 1.82. The van der Waals surface area contributed by atoms with Gasteiger partial charge in [0.2, 0.25) is 0 Å². The summed E-state index contributed by atoms with van der Waals surface area (Å²) in [6.45, 7) is 1.41. The number of Topliss-reactive ketones (excluding diaryl/α,β-unsaturated/α-hetero) is 1. The average Bonchev–Trinajstić information content (AvgIpc) is 2.19. The molecule has 0 aliphatic rings. The first kappa shape index (κ1) is 12.3. The Morgan fingerprint density at radius 2 is 2.12 bits per heavy atom. The summed E-state index contributed by atoms with van der Waals surface area (Å²) in [6.07, 6.45) is -0.224. The first-order valence-electron chi connectivity index (χ1n) is 4.52. The van der Waals surface area contributed by atoms with Gasteiger partial charge in [0, 0.05) is 11.1 Å². The number of carboxylic acids is 1. The molecule has 0 aliphatic carbocycles. The summed E-state index contributed by atoms with van der Waals surface area (Å²) >= 11 is 5.81. The van der Waals surface area contributed by atoms with Gasteiger partial charge in [0.05, 0.1) is 5.02 Å². The van der Waals surface area contributed by atoms with E-state index in [0.717, 1.165) is 0 Å². The Hall–Kier alpha value is -1.79. The summed E-state index contributed by atoms with van der Waals surface area (Å²) < 4.78 is 0. The maximum absolute atomic E-state index is 11.2. The lowest BCUT2D eigenvalue weighted by Crippen LogP contribution is -1.94. The van der Waals surface area contributed by atoms with Gasteiger partial charge in [-0.2, -0.15) is 0 Å². The summed E-state index contributed by atoms with van der Waals surface area (Å²) in [7, 11) is 0. The van der Waals surface area contributed by atoms with E-state index in [0.29, 0.717) is 16.1 Å². The lowest BCUT2D eigenvalue weighted by Gasteiger charge is -1.99. The van der Waals surface area contributed by atoms with E-state index in [4.69, 9.17) is 16.7 Å². The van der Waals surface area contributed by atoms with Crippen molar-refractivity contribution in [3.8, 4) is 11.8 Å². The van der Waals surface area contributed by atoms with Crippen LogP contribution in [0.2, 0.25) is 5.02 Å². The maximum atomic E-state index is 11.2. The minimum absolute atomic E-state index is 0.146. The molecule has 0 fully saturated rings. The van der Waals surface area contributed by atoms with Crippen LogP contribution < -0.4 is 0 Å². The van der Waals surface area contributed by atoms with Gasteiger partial charge in [-0.15, -0.1) is 0 Å². The number of halogens is 1. The lowest BCUT2D eigenvalue weighted by molar-refractivity contribution is -0.135. The van der Waals surface area contributed by atoms with E-state index in [-0.39, 0.29) is 12.2 Å². The van der Waals surface area contributed by atoms with Gasteiger partial charge < -0.3 is 5.11 Å². The van der Waals surface area contributed by atoms with Crippen molar-refractivity contribution in [2.75, 3.05) is 0 Å². The third-order valence-corrected chi connectivity index (χ3v) is 2.15. The normalized spacial score (nSPS) is 9.12. The summed E-state index contributed by atoms with van der Waals surface area (Å²) in [5.41, 5.74) is 0.972. The fraction of sp³-hybridized carbons (Fsp3) is 0.167. The molecule has 0 unspecified atom stereocenters. The predicted octanol–water partition coefficient (Wildman–Crippen LogP) is 2.37. The topological polar surface area (TPSA) is 54.4 Å². The van der Waals surface area contributed by atoms with Crippen LogP contribution in [-0.4, -0.2) is 16.9 Å². The van der Waals surface area contributed by atoms with Crippen molar-refractivity contribution in [1.29, 1.82) is 0 Å². The lowest BCUT2D eigenvalue weighted by atomic mass is 10.1. The molecule has 1 rings (SSSR count). The highest BCUT2D eigenvalue weighted by atomic mass is 35.5. The molecule has 0 saturated heterocycles. The summed E-state index contributed by atoms with van der Waals surface area (Å²) in [6, 6.07) is 4.77. The van der Waals surface area contributed by atoms with Crippen LogP contribution in [0.1, 0.15) is 29.3 Å². The molecule has 0 heterocycles. The highest BCUT2D eigenvalue weighted by molar-refractivity contribution is 6.33. The van der Waals surface area contributed by atoms with E-state index in [1.807, 2.05) is 0 Å². The Morgan fingerprint density at radius 3 is 2.69 bits per heavy atom. The number of carbonyl (C=O) groups excluding carboxylic acids is 1. The molecule has 1 aromatic rings. The molecule has 1 N–H and O–H groups in total. The van der Waals surface area contributed by atoms with Crippen LogP contribution in [-0.2, 0) is 4.79 Å². The maximum Gasteiger partial charge on any atom is 0.315 e. The Morgan fingerprint density at radius 1 is 1.44 bits per heavy atom. The average molecular weight is 237 g/mol. The quantitative estimate of drug-likeness (QED) is 0.634. The van der Waals surface area contributed by atoms with Gasteiger partial charge in [0.15, 0.2) is 5.78 Å². The Labute approximate surface area is 98.0 Å². The summed E-state index contributed by atoms with van der Waals surface area (Å²) in [5, 5.41) is 8.77. The van der Waals surface area contributed by atoms with Crippen LogP contribution in [0.5, 0.6) is 0 Å². The van der Waals surface area contributed by atoms with E-state index in [9.17, 15) is 9.59 Å². The van der Waals surface area contributed by atoms with E-state index in [2.05, 4.69) is 11.8 Å². The molecule has 4 heteroatoms. The van der Waals surface area contributed by atoms with Crippen LogP contribution in [0.15, 0.2) is 18.2 Å². The van der Waals surface area contributed by atoms with Crippen molar-refractivity contribution < 1.29 is 14.7 Å². The van der Waals surface area contributed by atoms with Crippen molar-refractivity contribution in [2.45, 2.75) is 13.3 Å². The van der Waals surface area contributed by atoms with Crippen molar-refractivity contribution in [1.82, 2.24) is 0 Å². The molecular weight excluding hydrogens is 228 g/mol. The smallest absolute Gasteiger partial charge is 0.315 e. The third kappa shape index (κ3) is 3.41. The highest BCUT2D eigenvalue weighted by Crippen LogP contribution is 2.17. The van der Waals surface area contributed by atoms with Gasteiger partial charge in [-0.3, -0.25) is 9.59 Å². The predicted molar refractivity (Wildman–Crippen MR) is 60.6 cm³/mol. The van der Waals surface area contributed by atoms with Gasteiger partial charge in [0.1, 0.15) is 6.42 Å². The zero-order valence-corrected chi connectivity index (χ0v) is 9.34. The molecule has 0 radical (unpaired) electrons. The molecule has 16 heavy (non-hydrogen) atoms. The van der Waals surface area contributed by atoms with Gasteiger partial charge in [0.25, 0.3) is 0 Å². The van der Waals surface area contributed by atoms with Gasteiger partial charge in [-0.1, -0.05) is 23.4 Å². The minimum Gasteiger partial charge on any atom is -0.481 e. The zero-order chi connectivity index (χ0) is 12.1. The van der Waals surface area contributed by atoms with E-state index >= 15 is 0 Å². The molecule has 0 saturated carbocycles. The zero-order valence-electron chi connectivity index (χ0n) is 8.58. The highest BCUT2D eigenvalue weighted by Gasteiger charge is 2.05.